The largest absolute Gasteiger partial charge is 0.347 e. The first-order valence-corrected chi connectivity index (χ1v) is 10.2. The zero-order valence-electron chi connectivity index (χ0n) is 15.8. The minimum absolute atomic E-state index is 0.0150. The molecule has 150 valence electrons. The molecule has 1 aliphatic rings. The lowest BCUT2D eigenvalue weighted by molar-refractivity contribution is -0.122. The van der Waals surface area contributed by atoms with E-state index in [4.69, 9.17) is 23.8 Å². The molecule has 1 amide bonds. The molecule has 4 rings (SSSR count). The van der Waals surface area contributed by atoms with Crippen LogP contribution in [0, 0.1) is 16.5 Å². The summed E-state index contributed by atoms with van der Waals surface area (Å²) in [6.45, 7) is 2.09. The fourth-order valence-corrected chi connectivity index (χ4v) is 4.16. The van der Waals surface area contributed by atoms with Crippen molar-refractivity contribution >= 4 is 29.7 Å². The van der Waals surface area contributed by atoms with Crippen LogP contribution in [-0.2, 0) is 17.8 Å². The number of aromatic nitrogens is 3. The standard InChI is InChI=1S/C21H20ClFN4OS/c1-12-5-10-15-16(3-2-4-17(15)23)19(12)24-18(28)11-27-20(25-26-21(27)29)13-6-8-14(22)9-7-13/h2-4,6-9,12,19H,5,10-11H2,1H3,(H,24,28)(H,26,29)/t12-,19-/m1/s1. The third-order valence-corrected chi connectivity index (χ3v) is 5.95. The van der Waals surface area contributed by atoms with E-state index in [1.165, 1.54) is 6.07 Å². The van der Waals surface area contributed by atoms with Gasteiger partial charge in [0.15, 0.2) is 10.6 Å². The van der Waals surface area contributed by atoms with E-state index in [0.29, 0.717) is 27.6 Å². The van der Waals surface area contributed by atoms with E-state index in [9.17, 15) is 9.18 Å². The summed E-state index contributed by atoms with van der Waals surface area (Å²) < 4.78 is 16.2. The monoisotopic (exact) mass is 430 g/mol. The van der Waals surface area contributed by atoms with Crippen LogP contribution in [0.25, 0.3) is 11.4 Å². The first-order valence-electron chi connectivity index (χ1n) is 9.42. The summed E-state index contributed by atoms with van der Waals surface area (Å²) in [5.74, 6) is 0.355. The highest BCUT2D eigenvalue weighted by Gasteiger charge is 2.29. The molecule has 0 spiro atoms. The van der Waals surface area contributed by atoms with E-state index in [2.05, 4.69) is 22.4 Å². The van der Waals surface area contributed by atoms with Gasteiger partial charge in [0, 0.05) is 10.6 Å². The Balaban J connectivity index is 1.57. The van der Waals surface area contributed by atoms with Crippen LogP contribution < -0.4 is 5.32 Å². The second-order valence-electron chi connectivity index (χ2n) is 7.31. The number of H-pyrrole nitrogens is 1. The lowest BCUT2D eigenvalue weighted by Gasteiger charge is -2.32. The molecule has 29 heavy (non-hydrogen) atoms. The molecule has 0 bridgehead atoms. The molecule has 5 nitrogen and oxygen atoms in total. The van der Waals surface area contributed by atoms with Crippen LogP contribution in [0.4, 0.5) is 4.39 Å². The normalized spacial score (nSPS) is 18.3. The van der Waals surface area contributed by atoms with Crippen molar-refractivity contribution in [2.75, 3.05) is 0 Å². The molecule has 1 heterocycles. The molecule has 2 aromatic carbocycles. The van der Waals surface area contributed by atoms with E-state index in [1.807, 2.05) is 18.2 Å². The van der Waals surface area contributed by atoms with Crippen molar-refractivity contribution in [1.29, 1.82) is 0 Å². The Morgan fingerprint density at radius 2 is 2.10 bits per heavy atom. The summed E-state index contributed by atoms with van der Waals surface area (Å²) >= 11 is 11.3. The number of benzene rings is 2. The van der Waals surface area contributed by atoms with E-state index in [-0.39, 0.29) is 30.2 Å². The van der Waals surface area contributed by atoms with Crippen molar-refractivity contribution in [2.45, 2.75) is 32.4 Å². The van der Waals surface area contributed by atoms with Crippen LogP contribution in [0.1, 0.15) is 30.5 Å². The molecule has 0 saturated carbocycles. The molecule has 0 aliphatic heterocycles. The number of rotatable bonds is 4. The summed E-state index contributed by atoms with van der Waals surface area (Å²) in [7, 11) is 0. The van der Waals surface area contributed by atoms with Crippen molar-refractivity contribution in [3.8, 4) is 11.4 Å². The Morgan fingerprint density at radius 1 is 1.34 bits per heavy atom. The highest BCUT2D eigenvalue weighted by Crippen LogP contribution is 2.35. The van der Waals surface area contributed by atoms with Gasteiger partial charge in [-0.1, -0.05) is 30.7 Å². The molecule has 1 aliphatic carbocycles. The number of hydrogen-bond donors (Lipinski definition) is 2. The van der Waals surface area contributed by atoms with Gasteiger partial charge in [-0.3, -0.25) is 14.5 Å². The lowest BCUT2D eigenvalue weighted by Crippen LogP contribution is -2.37. The third-order valence-electron chi connectivity index (χ3n) is 5.39. The highest BCUT2D eigenvalue weighted by atomic mass is 35.5. The Morgan fingerprint density at radius 3 is 2.86 bits per heavy atom. The molecule has 0 unspecified atom stereocenters. The van der Waals surface area contributed by atoms with Crippen LogP contribution >= 0.6 is 23.8 Å². The van der Waals surface area contributed by atoms with Gasteiger partial charge in [-0.2, -0.15) is 5.10 Å². The molecule has 2 N–H and O–H groups in total. The summed E-state index contributed by atoms with van der Waals surface area (Å²) in [5.41, 5.74) is 2.34. The molecule has 0 fully saturated rings. The van der Waals surface area contributed by atoms with E-state index in [0.717, 1.165) is 17.5 Å². The summed E-state index contributed by atoms with van der Waals surface area (Å²) in [4.78, 5) is 12.9. The maximum Gasteiger partial charge on any atom is 0.240 e. The molecular weight excluding hydrogens is 411 g/mol. The molecule has 8 heteroatoms. The predicted molar refractivity (Wildman–Crippen MR) is 113 cm³/mol. The summed E-state index contributed by atoms with van der Waals surface area (Å²) in [6.07, 6.45) is 1.50. The van der Waals surface area contributed by atoms with Gasteiger partial charge in [-0.15, -0.1) is 0 Å². The maximum atomic E-state index is 14.2. The van der Waals surface area contributed by atoms with Crippen molar-refractivity contribution in [3.05, 3.63) is 69.2 Å². The van der Waals surface area contributed by atoms with Gasteiger partial charge in [0.25, 0.3) is 0 Å². The molecule has 2 atom stereocenters. The Kier molecular flexibility index (Phi) is 5.52. The maximum absolute atomic E-state index is 14.2. The summed E-state index contributed by atoms with van der Waals surface area (Å²) in [6, 6.07) is 12.0. The molecule has 3 aromatic rings. The average Bonchev–Trinajstić information content (AvgIpc) is 3.05. The minimum atomic E-state index is -0.234. The zero-order chi connectivity index (χ0) is 20.5. The Hall–Kier alpha value is -2.51. The fourth-order valence-electron chi connectivity index (χ4n) is 3.84. The molecule has 0 radical (unpaired) electrons. The third kappa shape index (κ3) is 3.97. The van der Waals surface area contributed by atoms with Gasteiger partial charge < -0.3 is 5.32 Å². The smallest absolute Gasteiger partial charge is 0.240 e. The number of carbonyl (C=O) groups excluding carboxylic acids is 1. The zero-order valence-corrected chi connectivity index (χ0v) is 17.4. The van der Waals surface area contributed by atoms with Gasteiger partial charge in [0.05, 0.1) is 6.04 Å². The second kappa shape index (κ2) is 8.08. The summed E-state index contributed by atoms with van der Waals surface area (Å²) in [5, 5.41) is 10.7. The van der Waals surface area contributed by atoms with Gasteiger partial charge in [-0.05, 0) is 72.4 Å². The van der Waals surface area contributed by atoms with Gasteiger partial charge in [0.2, 0.25) is 5.91 Å². The van der Waals surface area contributed by atoms with Crippen LogP contribution in [0.3, 0.4) is 0 Å². The average molecular weight is 431 g/mol. The van der Waals surface area contributed by atoms with Crippen LogP contribution in [0.2, 0.25) is 5.02 Å². The second-order valence-corrected chi connectivity index (χ2v) is 8.14. The number of carbonyl (C=O) groups is 1. The van der Waals surface area contributed by atoms with E-state index < -0.39 is 0 Å². The quantitative estimate of drug-likeness (QED) is 0.582. The minimum Gasteiger partial charge on any atom is -0.347 e. The van der Waals surface area contributed by atoms with E-state index in [1.54, 1.807) is 22.8 Å². The molecular formula is C21H20ClFN4OS. The van der Waals surface area contributed by atoms with Crippen molar-refractivity contribution < 1.29 is 9.18 Å². The first kappa shape index (κ1) is 19.8. The number of nitrogens with zero attached hydrogens (tertiary/aromatic N) is 2. The Labute approximate surface area is 177 Å². The highest BCUT2D eigenvalue weighted by molar-refractivity contribution is 7.71. The van der Waals surface area contributed by atoms with Crippen LogP contribution in [0.15, 0.2) is 42.5 Å². The van der Waals surface area contributed by atoms with Crippen molar-refractivity contribution in [2.24, 2.45) is 5.92 Å². The molecule has 1 aromatic heterocycles. The van der Waals surface area contributed by atoms with Crippen LogP contribution in [0.5, 0.6) is 0 Å². The lowest BCUT2D eigenvalue weighted by atomic mass is 9.80. The number of hydrogen-bond acceptors (Lipinski definition) is 3. The predicted octanol–water partition coefficient (Wildman–Crippen LogP) is 4.84. The SMILES string of the molecule is C[C@@H]1CCc2c(F)cccc2[C@@H]1NC(=O)Cn1c(-c2ccc(Cl)cc2)n[nH]c1=S. The van der Waals surface area contributed by atoms with Gasteiger partial charge in [-0.25, -0.2) is 4.39 Å². The molecule has 0 saturated heterocycles. The first-order chi connectivity index (χ1) is 13.9. The van der Waals surface area contributed by atoms with Crippen molar-refractivity contribution in [1.82, 2.24) is 20.1 Å². The number of fused-ring (bicyclic) bond motifs is 1. The van der Waals surface area contributed by atoms with Gasteiger partial charge >= 0.3 is 0 Å². The van der Waals surface area contributed by atoms with E-state index >= 15 is 0 Å². The number of halogens is 2. The van der Waals surface area contributed by atoms with Crippen LogP contribution in [-0.4, -0.2) is 20.7 Å². The number of amides is 1. The topological polar surface area (TPSA) is 62.7 Å². The fraction of sp³-hybridized carbons (Fsp3) is 0.286. The van der Waals surface area contributed by atoms with Crippen molar-refractivity contribution in [3.63, 3.8) is 0 Å². The Bertz CT molecular complexity index is 1110. The van der Waals surface area contributed by atoms with Gasteiger partial charge in [0.1, 0.15) is 12.4 Å². The number of nitrogens with one attached hydrogen (secondary N) is 2. The number of aromatic amines is 1.